The monoisotopic (exact) mass is 256 g/mol. The van der Waals surface area contributed by atoms with Gasteiger partial charge in [-0.05, 0) is 44.8 Å². The zero-order chi connectivity index (χ0) is 13.1. The molecular weight excluding hydrogens is 236 g/mol. The molecule has 0 spiro atoms. The molecule has 1 aliphatic rings. The highest BCUT2D eigenvalue weighted by Gasteiger charge is 2.20. The zero-order valence-corrected chi connectivity index (χ0v) is 11.3. The average Bonchev–Trinajstić information content (AvgIpc) is 2.48. The Hall–Kier alpha value is -1.68. The van der Waals surface area contributed by atoms with Crippen LogP contribution in [0.2, 0.25) is 0 Å². The van der Waals surface area contributed by atoms with Gasteiger partial charge in [0, 0.05) is 17.6 Å². The summed E-state index contributed by atoms with van der Waals surface area (Å²) < 4.78 is 0. The maximum atomic E-state index is 4.57. The molecule has 4 nitrogen and oxygen atoms in total. The van der Waals surface area contributed by atoms with Crippen molar-refractivity contribution in [3.05, 3.63) is 30.5 Å². The van der Waals surface area contributed by atoms with Crippen molar-refractivity contribution in [3.8, 4) is 0 Å². The van der Waals surface area contributed by atoms with E-state index in [-0.39, 0.29) is 0 Å². The maximum Gasteiger partial charge on any atom is 0.223 e. The van der Waals surface area contributed by atoms with Gasteiger partial charge < -0.3 is 10.6 Å². The highest BCUT2D eigenvalue weighted by molar-refractivity contribution is 5.78. The molecule has 1 fully saturated rings. The topological polar surface area (TPSA) is 49.8 Å². The first-order chi connectivity index (χ1) is 9.33. The smallest absolute Gasteiger partial charge is 0.223 e. The Balaban J connectivity index is 1.73. The van der Waals surface area contributed by atoms with E-state index in [1.807, 2.05) is 30.5 Å². The van der Waals surface area contributed by atoms with Crippen LogP contribution in [0.25, 0.3) is 10.9 Å². The SMILES string of the molecule is CC(Nc1ncc2ccccc2n1)C1CCCNC1. The maximum absolute atomic E-state index is 4.57. The quantitative estimate of drug-likeness (QED) is 0.885. The molecular formula is C15H20N4. The van der Waals surface area contributed by atoms with Gasteiger partial charge >= 0.3 is 0 Å². The summed E-state index contributed by atoms with van der Waals surface area (Å²) in [6.45, 7) is 4.45. The molecule has 2 N–H and O–H groups in total. The van der Waals surface area contributed by atoms with Gasteiger partial charge in [0.15, 0.2) is 0 Å². The van der Waals surface area contributed by atoms with E-state index in [4.69, 9.17) is 0 Å². The van der Waals surface area contributed by atoms with Crippen molar-refractivity contribution >= 4 is 16.9 Å². The molecule has 100 valence electrons. The predicted molar refractivity (Wildman–Crippen MR) is 78.2 cm³/mol. The number of nitrogens with zero attached hydrogens (tertiary/aromatic N) is 2. The second kappa shape index (κ2) is 5.53. The molecule has 1 aromatic heterocycles. The van der Waals surface area contributed by atoms with Crippen LogP contribution in [0.1, 0.15) is 19.8 Å². The van der Waals surface area contributed by atoms with Crippen LogP contribution in [0.3, 0.4) is 0 Å². The molecule has 2 heterocycles. The fraction of sp³-hybridized carbons (Fsp3) is 0.467. The number of hydrogen-bond donors (Lipinski definition) is 2. The molecule has 2 unspecified atom stereocenters. The lowest BCUT2D eigenvalue weighted by molar-refractivity contribution is 0.346. The molecule has 2 atom stereocenters. The van der Waals surface area contributed by atoms with Crippen molar-refractivity contribution in [2.75, 3.05) is 18.4 Å². The van der Waals surface area contributed by atoms with Gasteiger partial charge in [-0.3, -0.25) is 0 Å². The number of benzene rings is 1. The van der Waals surface area contributed by atoms with E-state index in [0.717, 1.165) is 29.9 Å². The van der Waals surface area contributed by atoms with E-state index < -0.39 is 0 Å². The van der Waals surface area contributed by atoms with Gasteiger partial charge in [-0.25, -0.2) is 9.97 Å². The Morgan fingerprint density at radius 1 is 1.37 bits per heavy atom. The van der Waals surface area contributed by atoms with Gasteiger partial charge in [0.1, 0.15) is 0 Å². The Labute approximate surface area is 113 Å². The first kappa shape index (κ1) is 12.4. The van der Waals surface area contributed by atoms with Crippen LogP contribution in [-0.2, 0) is 0 Å². The van der Waals surface area contributed by atoms with Gasteiger partial charge in [-0.15, -0.1) is 0 Å². The van der Waals surface area contributed by atoms with E-state index in [2.05, 4.69) is 27.5 Å². The molecule has 4 heteroatoms. The molecule has 0 aliphatic carbocycles. The van der Waals surface area contributed by atoms with Crippen molar-refractivity contribution in [2.45, 2.75) is 25.8 Å². The third-order valence-corrected chi connectivity index (χ3v) is 3.89. The highest BCUT2D eigenvalue weighted by Crippen LogP contribution is 2.18. The molecule has 19 heavy (non-hydrogen) atoms. The molecule has 1 saturated heterocycles. The normalized spacial score (nSPS) is 21.2. The molecule has 0 amide bonds. The fourth-order valence-corrected chi connectivity index (χ4v) is 2.67. The summed E-state index contributed by atoms with van der Waals surface area (Å²) in [5.41, 5.74) is 0.994. The Bertz CT molecular complexity index is 549. The first-order valence-corrected chi connectivity index (χ1v) is 7.02. The summed E-state index contributed by atoms with van der Waals surface area (Å²) in [6.07, 6.45) is 4.42. The molecule has 2 aromatic rings. The molecule has 0 bridgehead atoms. The Morgan fingerprint density at radius 2 is 2.26 bits per heavy atom. The van der Waals surface area contributed by atoms with Gasteiger partial charge in [-0.1, -0.05) is 18.2 Å². The minimum absolute atomic E-state index is 0.397. The largest absolute Gasteiger partial charge is 0.351 e. The number of anilines is 1. The standard InChI is InChI=1S/C15H20N4/c1-11(12-6-4-8-16-9-12)18-15-17-10-13-5-2-3-7-14(13)19-15/h2-3,5,7,10-12,16H,4,6,8-9H2,1H3,(H,17,18,19). The van der Waals surface area contributed by atoms with Crippen LogP contribution in [0.5, 0.6) is 0 Å². The number of hydrogen-bond acceptors (Lipinski definition) is 4. The summed E-state index contributed by atoms with van der Waals surface area (Å²) in [5.74, 6) is 1.39. The first-order valence-electron chi connectivity index (χ1n) is 7.02. The predicted octanol–water partition coefficient (Wildman–Crippen LogP) is 2.43. The number of aromatic nitrogens is 2. The summed E-state index contributed by atoms with van der Waals surface area (Å²) in [5, 5.41) is 7.98. The minimum Gasteiger partial charge on any atom is -0.351 e. The second-order valence-electron chi connectivity index (χ2n) is 5.29. The van der Waals surface area contributed by atoms with Crippen LogP contribution in [-0.4, -0.2) is 29.1 Å². The molecule has 1 aliphatic heterocycles. The van der Waals surface area contributed by atoms with Crippen molar-refractivity contribution < 1.29 is 0 Å². The minimum atomic E-state index is 0.397. The lowest BCUT2D eigenvalue weighted by atomic mass is 9.93. The van der Waals surface area contributed by atoms with E-state index in [1.165, 1.54) is 12.8 Å². The second-order valence-corrected chi connectivity index (χ2v) is 5.29. The van der Waals surface area contributed by atoms with Crippen LogP contribution in [0.15, 0.2) is 30.5 Å². The molecule has 0 saturated carbocycles. The van der Waals surface area contributed by atoms with Crippen LogP contribution < -0.4 is 10.6 Å². The zero-order valence-electron chi connectivity index (χ0n) is 11.3. The van der Waals surface area contributed by atoms with Gasteiger partial charge in [0.05, 0.1) is 5.52 Å². The summed E-state index contributed by atoms with van der Waals surface area (Å²) in [4.78, 5) is 8.97. The van der Waals surface area contributed by atoms with Crippen molar-refractivity contribution in [2.24, 2.45) is 5.92 Å². The molecule has 1 aromatic carbocycles. The summed E-state index contributed by atoms with van der Waals surface area (Å²) in [6, 6.07) is 8.47. The van der Waals surface area contributed by atoms with Gasteiger partial charge in [0.25, 0.3) is 0 Å². The van der Waals surface area contributed by atoms with Crippen molar-refractivity contribution in [3.63, 3.8) is 0 Å². The van der Waals surface area contributed by atoms with Crippen LogP contribution >= 0.6 is 0 Å². The van der Waals surface area contributed by atoms with Gasteiger partial charge in [0.2, 0.25) is 5.95 Å². The van der Waals surface area contributed by atoms with Crippen molar-refractivity contribution in [1.82, 2.24) is 15.3 Å². The third-order valence-electron chi connectivity index (χ3n) is 3.89. The van der Waals surface area contributed by atoms with Crippen molar-refractivity contribution in [1.29, 1.82) is 0 Å². The number of rotatable bonds is 3. The van der Waals surface area contributed by atoms with Crippen LogP contribution in [0.4, 0.5) is 5.95 Å². The van der Waals surface area contributed by atoms with E-state index in [0.29, 0.717) is 12.0 Å². The highest BCUT2D eigenvalue weighted by atomic mass is 15.1. The molecule has 0 radical (unpaired) electrons. The number of nitrogens with one attached hydrogen (secondary N) is 2. The van der Waals surface area contributed by atoms with E-state index in [1.54, 1.807) is 0 Å². The van der Waals surface area contributed by atoms with E-state index in [9.17, 15) is 0 Å². The Kier molecular flexibility index (Phi) is 3.60. The number of para-hydroxylation sites is 1. The van der Waals surface area contributed by atoms with Crippen LogP contribution in [0, 0.1) is 5.92 Å². The van der Waals surface area contributed by atoms with E-state index >= 15 is 0 Å². The Morgan fingerprint density at radius 3 is 3.11 bits per heavy atom. The third kappa shape index (κ3) is 2.84. The lowest BCUT2D eigenvalue weighted by Gasteiger charge is -2.28. The summed E-state index contributed by atoms with van der Waals surface area (Å²) in [7, 11) is 0. The summed E-state index contributed by atoms with van der Waals surface area (Å²) >= 11 is 0. The van der Waals surface area contributed by atoms with Gasteiger partial charge in [-0.2, -0.15) is 0 Å². The average molecular weight is 256 g/mol. The fourth-order valence-electron chi connectivity index (χ4n) is 2.67. The lowest BCUT2D eigenvalue weighted by Crippen LogP contribution is -2.39. The molecule has 3 rings (SSSR count). The number of fused-ring (bicyclic) bond motifs is 1. The number of piperidine rings is 1.